The van der Waals surface area contributed by atoms with Gasteiger partial charge in [0.1, 0.15) is 5.82 Å². The summed E-state index contributed by atoms with van der Waals surface area (Å²) in [6.07, 6.45) is -0.499. The van der Waals surface area contributed by atoms with Gasteiger partial charge in [-0.05, 0) is 26.0 Å². The molecule has 0 radical (unpaired) electrons. The van der Waals surface area contributed by atoms with Crippen LogP contribution in [0.1, 0.15) is 23.0 Å². The number of carboxylic acids is 1. The monoisotopic (exact) mass is 210 g/mol. The van der Waals surface area contributed by atoms with Crippen LogP contribution in [0.5, 0.6) is 0 Å². The van der Waals surface area contributed by atoms with Crippen molar-refractivity contribution in [3.63, 3.8) is 0 Å². The number of aryl methyl sites for hydroxylation is 1. The summed E-state index contributed by atoms with van der Waals surface area (Å²) in [5, 5.41) is 20.7. The third-order valence-electron chi connectivity index (χ3n) is 1.78. The summed E-state index contributed by atoms with van der Waals surface area (Å²) < 4.78 is 0. The predicted octanol–water partition coefficient (Wildman–Crippen LogP) is 0.881. The highest BCUT2D eigenvalue weighted by Crippen LogP contribution is 2.10. The lowest BCUT2D eigenvalue weighted by Gasteiger charge is -2.08. The van der Waals surface area contributed by atoms with Crippen molar-refractivity contribution >= 4 is 11.8 Å². The maximum atomic E-state index is 10.7. The Morgan fingerprint density at radius 3 is 2.80 bits per heavy atom. The molecule has 0 amide bonds. The molecular weight excluding hydrogens is 196 g/mol. The van der Waals surface area contributed by atoms with Crippen LogP contribution in [0.2, 0.25) is 0 Å². The van der Waals surface area contributed by atoms with Crippen LogP contribution in [0.4, 0.5) is 5.82 Å². The predicted molar refractivity (Wildman–Crippen MR) is 56.1 cm³/mol. The number of hydrogen-bond acceptors (Lipinski definition) is 4. The standard InChI is InChI=1S/C10H14N2O3/c1-6-3-8(10(14)15)4-9(12-6)11-5-7(2)13/h3-4,7,13H,5H2,1-2H3,(H,11,12)(H,14,15). The van der Waals surface area contributed by atoms with Crippen LogP contribution < -0.4 is 5.32 Å². The second kappa shape index (κ2) is 4.75. The minimum Gasteiger partial charge on any atom is -0.478 e. The normalized spacial score (nSPS) is 12.2. The topological polar surface area (TPSA) is 82.5 Å². The molecule has 1 aromatic heterocycles. The van der Waals surface area contributed by atoms with Crippen LogP contribution in [0.15, 0.2) is 12.1 Å². The van der Waals surface area contributed by atoms with Gasteiger partial charge in [-0.25, -0.2) is 9.78 Å². The average Bonchev–Trinajstić information content (AvgIpc) is 2.13. The molecule has 0 aliphatic rings. The third kappa shape index (κ3) is 3.55. The molecule has 5 heteroatoms. The zero-order valence-electron chi connectivity index (χ0n) is 8.69. The Labute approximate surface area is 87.8 Å². The van der Waals surface area contributed by atoms with E-state index in [9.17, 15) is 4.79 Å². The lowest BCUT2D eigenvalue weighted by atomic mass is 10.2. The van der Waals surface area contributed by atoms with Crippen molar-refractivity contribution in [1.29, 1.82) is 0 Å². The first-order valence-corrected chi connectivity index (χ1v) is 4.63. The quantitative estimate of drug-likeness (QED) is 0.687. The van der Waals surface area contributed by atoms with E-state index >= 15 is 0 Å². The summed E-state index contributed by atoms with van der Waals surface area (Å²) >= 11 is 0. The van der Waals surface area contributed by atoms with Gasteiger partial charge in [0.25, 0.3) is 0 Å². The fraction of sp³-hybridized carbons (Fsp3) is 0.400. The van der Waals surface area contributed by atoms with Crippen LogP contribution in [0, 0.1) is 6.92 Å². The number of nitrogens with one attached hydrogen (secondary N) is 1. The molecule has 15 heavy (non-hydrogen) atoms. The van der Waals surface area contributed by atoms with Crippen LogP contribution in [0.3, 0.4) is 0 Å². The molecule has 1 unspecified atom stereocenters. The maximum Gasteiger partial charge on any atom is 0.335 e. The zero-order chi connectivity index (χ0) is 11.4. The summed E-state index contributed by atoms with van der Waals surface area (Å²) in [6.45, 7) is 3.70. The Morgan fingerprint density at radius 2 is 2.27 bits per heavy atom. The molecule has 1 heterocycles. The number of anilines is 1. The molecular formula is C10H14N2O3. The molecule has 0 aliphatic carbocycles. The molecule has 0 aromatic carbocycles. The fourth-order valence-corrected chi connectivity index (χ4v) is 1.13. The third-order valence-corrected chi connectivity index (χ3v) is 1.78. The van der Waals surface area contributed by atoms with Gasteiger partial charge in [-0.15, -0.1) is 0 Å². The molecule has 3 N–H and O–H groups in total. The van der Waals surface area contributed by atoms with Crippen LogP contribution in [-0.4, -0.2) is 33.8 Å². The summed E-state index contributed by atoms with van der Waals surface area (Å²) in [7, 11) is 0. The Kier molecular flexibility index (Phi) is 3.62. The van der Waals surface area contributed by atoms with E-state index < -0.39 is 12.1 Å². The molecule has 5 nitrogen and oxygen atoms in total. The molecule has 0 saturated heterocycles. The van der Waals surface area contributed by atoms with Crippen molar-refractivity contribution in [2.24, 2.45) is 0 Å². The molecule has 0 fully saturated rings. The van der Waals surface area contributed by atoms with Gasteiger partial charge in [0.2, 0.25) is 0 Å². The Balaban J connectivity index is 2.84. The van der Waals surface area contributed by atoms with Gasteiger partial charge in [0, 0.05) is 12.2 Å². The number of aromatic carboxylic acids is 1. The highest BCUT2D eigenvalue weighted by molar-refractivity contribution is 5.88. The number of aromatic nitrogens is 1. The number of carbonyl (C=O) groups is 1. The first-order chi connectivity index (χ1) is 6.99. The van der Waals surface area contributed by atoms with Crippen molar-refractivity contribution in [3.05, 3.63) is 23.4 Å². The highest BCUT2D eigenvalue weighted by Gasteiger charge is 2.06. The second-order valence-electron chi connectivity index (χ2n) is 3.42. The highest BCUT2D eigenvalue weighted by atomic mass is 16.4. The zero-order valence-corrected chi connectivity index (χ0v) is 8.69. The molecule has 0 aliphatic heterocycles. The summed E-state index contributed by atoms with van der Waals surface area (Å²) in [4.78, 5) is 14.8. The minimum absolute atomic E-state index is 0.190. The fourth-order valence-electron chi connectivity index (χ4n) is 1.13. The lowest BCUT2D eigenvalue weighted by Crippen LogP contribution is -2.16. The Morgan fingerprint density at radius 1 is 1.60 bits per heavy atom. The van der Waals surface area contributed by atoms with E-state index in [1.165, 1.54) is 12.1 Å². The SMILES string of the molecule is Cc1cc(C(=O)O)cc(NCC(C)O)n1. The largest absolute Gasteiger partial charge is 0.478 e. The molecule has 1 rings (SSSR count). The number of carboxylic acid groups (broad SMARTS) is 1. The molecule has 0 spiro atoms. The molecule has 1 atom stereocenters. The Bertz CT molecular complexity index is 364. The minimum atomic E-state index is -0.986. The summed E-state index contributed by atoms with van der Waals surface area (Å²) in [6, 6.07) is 2.94. The number of aliphatic hydroxyl groups is 1. The van der Waals surface area contributed by atoms with Gasteiger partial charge >= 0.3 is 5.97 Å². The number of aliphatic hydroxyl groups excluding tert-OH is 1. The van der Waals surface area contributed by atoms with Gasteiger partial charge in [-0.1, -0.05) is 0 Å². The van der Waals surface area contributed by atoms with E-state index in [1.54, 1.807) is 13.8 Å². The van der Waals surface area contributed by atoms with Gasteiger partial charge in [-0.3, -0.25) is 0 Å². The van der Waals surface area contributed by atoms with E-state index in [-0.39, 0.29) is 5.56 Å². The average molecular weight is 210 g/mol. The van der Waals surface area contributed by atoms with E-state index in [0.29, 0.717) is 18.1 Å². The van der Waals surface area contributed by atoms with Gasteiger partial charge in [-0.2, -0.15) is 0 Å². The van der Waals surface area contributed by atoms with Crippen molar-refractivity contribution in [3.8, 4) is 0 Å². The Hall–Kier alpha value is -1.62. The molecule has 0 saturated carbocycles. The molecule has 0 bridgehead atoms. The van der Waals surface area contributed by atoms with Gasteiger partial charge in [0.05, 0.1) is 11.7 Å². The van der Waals surface area contributed by atoms with Crippen molar-refractivity contribution in [1.82, 2.24) is 4.98 Å². The van der Waals surface area contributed by atoms with Gasteiger partial charge in [0.15, 0.2) is 0 Å². The van der Waals surface area contributed by atoms with E-state index in [0.717, 1.165) is 0 Å². The van der Waals surface area contributed by atoms with Crippen molar-refractivity contribution in [2.75, 3.05) is 11.9 Å². The number of nitrogens with zero attached hydrogens (tertiary/aromatic N) is 1. The van der Waals surface area contributed by atoms with E-state index in [2.05, 4.69) is 10.3 Å². The smallest absolute Gasteiger partial charge is 0.335 e. The molecule has 82 valence electrons. The first kappa shape index (κ1) is 11.5. The van der Waals surface area contributed by atoms with Crippen molar-refractivity contribution < 1.29 is 15.0 Å². The number of hydrogen-bond donors (Lipinski definition) is 3. The van der Waals surface area contributed by atoms with Gasteiger partial charge < -0.3 is 15.5 Å². The lowest BCUT2D eigenvalue weighted by molar-refractivity contribution is 0.0696. The van der Waals surface area contributed by atoms with E-state index in [1.807, 2.05) is 0 Å². The van der Waals surface area contributed by atoms with Crippen LogP contribution in [-0.2, 0) is 0 Å². The molecule has 1 aromatic rings. The first-order valence-electron chi connectivity index (χ1n) is 4.63. The van der Waals surface area contributed by atoms with E-state index in [4.69, 9.17) is 10.2 Å². The number of pyridine rings is 1. The summed E-state index contributed by atoms with van der Waals surface area (Å²) in [5.74, 6) is -0.520. The van der Waals surface area contributed by atoms with Crippen molar-refractivity contribution in [2.45, 2.75) is 20.0 Å². The van der Waals surface area contributed by atoms with Crippen LogP contribution in [0.25, 0.3) is 0 Å². The van der Waals surface area contributed by atoms with Crippen LogP contribution >= 0.6 is 0 Å². The second-order valence-corrected chi connectivity index (χ2v) is 3.42. The number of rotatable bonds is 4. The summed E-state index contributed by atoms with van der Waals surface area (Å²) in [5.41, 5.74) is 0.818. The maximum absolute atomic E-state index is 10.7.